The van der Waals surface area contributed by atoms with Crippen LogP contribution in [0, 0.1) is 5.92 Å². The summed E-state index contributed by atoms with van der Waals surface area (Å²) >= 11 is 1.74. The lowest BCUT2D eigenvalue weighted by Gasteiger charge is -2.33. The molecule has 2 heterocycles. The third-order valence-electron chi connectivity index (χ3n) is 4.93. The van der Waals surface area contributed by atoms with Gasteiger partial charge in [-0.2, -0.15) is 11.3 Å². The van der Waals surface area contributed by atoms with Crippen LogP contribution in [-0.2, 0) is 17.9 Å². The van der Waals surface area contributed by atoms with Crippen molar-refractivity contribution >= 4 is 17.2 Å². The molecule has 0 spiro atoms. The zero-order valence-corrected chi connectivity index (χ0v) is 17.4. The van der Waals surface area contributed by atoms with E-state index in [1.165, 1.54) is 11.1 Å². The number of nitrogens with zero attached hydrogens (tertiary/aromatic N) is 2. The summed E-state index contributed by atoms with van der Waals surface area (Å²) in [5.74, 6) is 1.26. The molecule has 1 fully saturated rings. The Hall–Kier alpha value is -1.85. The molecule has 1 aromatic heterocycles. The molecule has 27 heavy (non-hydrogen) atoms. The van der Waals surface area contributed by atoms with Gasteiger partial charge in [0, 0.05) is 44.9 Å². The molecule has 5 heteroatoms. The number of amides is 1. The summed E-state index contributed by atoms with van der Waals surface area (Å²) in [7, 11) is 2.15. The second-order valence-corrected chi connectivity index (χ2v) is 8.53. The molecule has 1 saturated heterocycles. The number of piperidine rings is 1. The maximum absolute atomic E-state index is 12.1. The molecule has 0 bridgehead atoms. The highest BCUT2D eigenvalue weighted by Gasteiger charge is 2.25. The fourth-order valence-corrected chi connectivity index (χ4v) is 4.19. The van der Waals surface area contributed by atoms with Gasteiger partial charge in [-0.25, -0.2) is 0 Å². The SMILES string of the molecule is CC(C)C(=O)N1CCC(Oc2cccc(CN(C)Cc3ccsc3)c2)CC1. The highest BCUT2D eigenvalue weighted by Crippen LogP contribution is 2.22. The van der Waals surface area contributed by atoms with Gasteiger partial charge in [-0.1, -0.05) is 26.0 Å². The van der Waals surface area contributed by atoms with Crippen molar-refractivity contribution in [1.29, 1.82) is 0 Å². The van der Waals surface area contributed by atoms with Crippen LogP contribution in [0.5, 0.6) is 5.75 Å². The Morgan fingerprint density at radius 2 is 1.96 bits per heavy atom. The summed E-state index contributed by atoms with van der Waals surface area (Å²) in [6, 6.07) is 10.6. The van der Waals surface area contributed by atoms with E-state index < -0.39 is 0 Å². The number of benzene rings is 1. The molecule has 0 N–H and O–H groups in total. The average Bonchev–Trinajstić information content (AvgIpc) is 3.15. The Bertz CT molecular complexity index is 722. The summed E-state index contributed by atoms with van der Waals surface area (Å²) < 4.78 is 6.22. The van der Waals surface area contributed by atoms with Gasteiger partial charge in [-0.3, -0.25) is 9.69 Å². The molecule has 1 amide bonds. The van der Waals surface area contributed by atoms with Crippen LogP contribution in [0.3, 0.4) is 0 Å². The van der Waals surface area contributed by atoms with Crippen LogP contribution in [0.1, 0.15) is 37.8 Å². The molecule has 0 atom stereocenters. The summed E-state index contributed by atoms with van der Waals surface area (Å²) in [6.45, 7) is 7.37. The largest absolute Gasteiger partial charge is 0.490 e. The monoisotopic (exact) mass is 386 g/mol. The second-order valence-electron chi connectivity index (χ2n) is 7.75. The van der Waals surface area contributed by atoms with E-state index in [4.69, 9.17) is 4.74 Å². The third-order valence-corrected chi connectivity index (χ3v) is 5.67. The van der Waals surface area contributed by atoms with Gasteiger partial charge >= 0.3 is 0 Å². The molecular formula is C22H30N2O2S. The van der Waals surface area contributed by atoms with Gasteiger partial charge in [0.2, 0.25) is 5.91 Å². The first-order valence-corrected chi connectivity index (χ1v) is 10.7. The Balaban J connectivity index is 1.50. The normalized spacial score (nSPS) is 15.5. The summed E-state index contributed by atoms with van der Waals surface area (Å²) in [5.41, 5.74) is 2.62. The maximum Gasteiger partial charge on any atom is 0.225 e. The minimum absolute atomic E-state index is 0.0743. The maximum atomic E-state index is 12.1. The van der Waals surface area contributed by atoms with Crippen molar-refractivity contribution in [3.63, 3.8) is 0 Å². The Labute approximate surface area is 166 Å². The van der Waals surface area contributed by atoms with E-state index in [1.807, 2.05) is 24.8 Å². The Morgan fingerprint density at radius 1 is 1.22 bits per heavy atom. The summed E-state index contributed by atoms with van der Waals surface area (Å²) in [5, 5.41) is 4.32. The van der Waals surface area contributed by atoms with Crippen LogP contribution in [0.4, 0.5) is 0 Å². The molecule has 4 nitrogen and oxygen atoms in total. The Morgan fingerprint density at radius 3 is 2.63 bits per heavy atom. The lowest BCUT2D eigenvalue weighted by Crippen LogP contribution is -2.43. The van der Waals surface area contributed by atoms with Crippen molar-refractivity contribution in [3.8, 4) is 5.75 Å². The number of ether oxygens (including phenoxy) is 1. The number of thiophene rings is 1. The zero-order valence-electron chi connectivity index (χ0n) is 16.6. The first-order valence-electron chi connectivity index (χ1n) is 9.75. The van der Waals surface area contributed by atoms with E-state index in [2.05, 4.69) is 47.0 Å². The lowest BCUT2D eigenvalue weighted by atomic mass is 10.1. The van der Waals surface area contributed by atoms with Crippen molar-refractivity contribution in [2.24, 2.45) is 5.92 Å². The average molecular weight is 387 g/mol. The third kappa shape index (κ3) is 5.81. The predicted molar refractivity (Wildman–Crippen MR) is 111 cm³/mol. The summed E-state index contributed by atoms with van der Waals surface area (Å²) in [4.78, 5) is 16.4. The molecule has 1 aromatic carbocycles. The molecule has 1 aliphatic heterocycles. The van der Waals surface area contributed by atoms with Crippen LogP contribution in [0.2, 0.25) is 0 Å². The van der Waals surface area contributed by atoms with E-state index >= 15 is 0 Å². The number of hydrogen-bond acceptors (Lipinski definition) is 4. The molecule has 1 aliphatic rings. The topological polar surface area (TPSA) is 32.8 Å². The van der Waals surface area contributed by atoms with Crippen LogP contribution in [0.25, 0.3) is 0 Å². The minimum atomic E-state index is 0.0743. The fraction of sp³-hybridized carbons (Fsp3) is 0.500. The number of hydrogen-bond donors (Lipinski definition) is 0. The highest BCUT2D eigenvalue weighted by atomic mass is 32.1. The first kappa shape index (κ1) is 19.9. The van der Waals surface area contributed by atoms with Crippen LogP contribution < -0.4 is 4.74 Å². The minimum Gasteiger partial charge on any atom is -0.490 e. The molecule has 0 aliphatic carbocycles. The molecule has 0 saturated carbocycles. The van der Waals surface area contributed by atoms with E-state index in [-0.39, 0.29) is 17.9 Å². The van der Waals surface area contributed by atoms with Crippen LogP contribution in [-0.4, -0.2) is 41.9 Å². The van der Waals surface area contributed by atoms with Crippen molar-refractivity contribution < 1.29 is 9.53 Å². The number of likely N-dealkylation sites (tertiary alicyclic amines) is 1. The molecule has 3 rings (SSSR count). The van der Waals surface area contributed by atoms with Gasteiger partial charge in [0.15, 0.2) is 0 Å². The van der Waals surface area contributed by atoms with E-state index in [0.717, 1.165) is 44.8 Å². The second kappa shape index (κ2) is 9.38. The molecule has 0 unspecified atom stereocenters. The van der Waals surface area contributed by atoms with E-state index in [0.29, 0.717) is 0 Å². The zero-order chi connectivity index (χ0) is 19.2. The van der Waals surface area contributed by atoms with Gasteiger partial charge in [-0.05, 0) is 47.1 Å². The summed E-state index contributed by atoms with van der Waals surface area (Å²) in [6.07, 6.45) is 2.00. The van der Waals surface area contributed by atoms with Gasteiger partial charge in [0.25, 0.3) is 0 Å². The van der Waals surface area contributed by atoms with E-state index in [9.17, 15) is 4.79 Å². The van der Waals surface area contributed by atoms with Crippen molar-refractivity contribution in [1.82, 2.24) is 9.80 Å². The van der Waals surface area contributed by atoms with Crippen molar-refractivity contribution in [2.75, 3.05) is 20.1 Å². The van der Waals surface area contributed by atoms with Gasteiger partial charge in [-0.15, -0.1) is 0 Å². The molecule has 2 aromatic rings. The highest BCUT2D eigenvalue weighted by molar-refractivity contribution is 7.07. The van der Waals surface area contributed by atoms with Crippen LogP contribution in [0.15, 0.2) is 41.1 Å². The van der Waals surface area contributed by atoms with Gasteiger partial charge in [0.1, 0.15) is 11.9 Å². The van der Waals surface area contributed by atoms with Crippen molar-refractivity contribution in [3.05, 3.63) is 52.2 Å². The quantitative estimate of drug-likeness (QED) is 0.707. The fourth-order valence-electron chi connectivity index (χ4n) is 3.53. The number of rotatable bonds is 7. The van der Waals surface area contributed by atoms with Crippen molar-refractivity contribution in [2.45, 2.75) is 45.9 Å². The molecule has 0 radical (unpaired) electrons. The van der Waals surface area contributed by atoms with Gasteiger partial charge < -0.3 is 9.64 Å². The predicted octanol–water partition coefficient (Wildman–Crippen LogP) is 4.41. The first-order chi connectivity index (χ1) is 13.0. The smallest absolute Gasteiger partial charge is 0.225 e. The van der Waals surface area contributed by atoms with Gasteiger partial charge in [0.05, 0.1) is 0 Å². The Kier molecular flexibility index (Phi) is 6.91. The van der Waals surface area contributed by atoms with Crippen LogP contribution >= 0.6 is 11.3 Å². The standard InChI is InChI=1S/C22H30N2O2S/c1-17(2)22(25)24-10-7-20(8-11-24)26-21-6-4-5-18(13-21)14-23(3)15-19-9-12-27-16-19/h4-6,9,12-13,16-17,20H,7-8,10-11,14-15H2,1-3H3. The lowest BCUT2D eigenvalue weighted by molar-refractivity contribution is -0.136. The molecule has 146 valence electrons. The molecular weight excluding hydrogens is 356 g/mol. The number of carbonyl (C=O) groups excluding carboxylic acids is 1. The van der Waals surface area contributed by atoms with E-state index in [1.54, 1.807) is 11.3 Å². The number of carbonyl (C=O) groups is 1.